The van der Waals surface area contributed by atoms with E-state index in [1.807, 2.05) is 0 Å². The summed E-state index contributed by atoms with van der Waals surface area (Å²) in [4.78, 5) is 34.6. The minimum absolute atomic E-state index is 0.0596. The van der Waals surface area contributed by atoms with E-state index in [2.05, 4.69) is 10.6 Å². The number of hydrogen-bond acceptors (Lipinski definition) is 5. The molecule has 0 radical (unpaired) electrons. The Balaban J connectivity index is 2.06. The van der Waals surface area contributed by atoms with Crippen molar-refractivity contribution in [1.29, 1.82) is 0 Å². The van der Waals surface area contributed by atoms with E-state index in [1.54, 1.807) is 30.3 Å². The number of ether oxygens (including phenoxy) is 1. The second-order valence-electron chi connectivity index (χ2n) is 5.47. The number of methoxy groups -OCH3 is 1. The van der Waals surface area contributed by atoms with Crippen molar-refractivity contribution < 1.29 is 19.2 Å². The summed E-state index contributed by atoms with van der Waals surface area (Å²) < 4.78 is 4.88. The van der Waals surface area contributed by atoms with E-state index in [-0.39, 0.29) is 11.6 Å². The van der Waals surface area contributed by atoms with Gasteiger partial charge in [0.25, 0.3) is 11.6 Å². The number of rotatable bonds is 8. The first-order valence-electron chi connectivity index (χ1n) is 8.11. The van der Waals surface area contributed by atoms with Crippen LogP contribution in [-0.4, -0.2) is 37.0 Å². The van der Waals surface area contributed by atoms with E-state index < -0.39 is 10.8 Å². The third-order valence-corrected chi connectivity index (χ3v) is 3.53. The number of hydrogen-bond donors (Lipinski definition) is 2. The molecule has 0 unspecified atom stereocenters. The molecule has 0 bridgehead atoms. The monoisotopic (exact) mass is 369 g/mol. The topological polar surface area (TPSA) is 111 Å². The van der Waals surface area contributed by atoms with Crippen molar-refractivity contribution >= 4 is 29.3 Å². The first kappa shape index (κ1) is 19.8. The molecular weight excluding hydrogens is 350 g/mol. The number of nitro groups is 1. The van der Waals surface area contributed by atoms with Crippen LogP contribution < -0.4 is 10.6 Å². The van der Waals surface area contributed by atoms with Crippen LogP contribution in [0.4, 0.5) is 11.4 Å². The molecule has 2 aromatic rings. The normalized spacial score (nSPS) is 10.6. The molecule has 0 aliphatic rings. The van der Waals surface area contributed by atoms with E-state index in [0.717, 1.165) is 0 Å². The number of nitrogens with one attached hydrogen (secondary N) is 2. The maximum Gasteiger partial charge on any atom is 0.270 e. The van der Waals surface area contributed by atoms with Gasteiger partial charge in [-0.1, -0.05) is 24.3 Å². The lowest BCUT2D eigenvalue weighted by molar-refractivity contribution is -0.384. The molecule has 27 heavy (non-hydrogen) atoms. The van der Waals surface area contributed by atoms with E-state index in [1.165, 1.54) is 37.5 Å². The molecule has 8 nitrogen and oxygen atoms in total. The van der Waals surface area contributed by atoms with Crippen LogP contribution in [0.15, 0.2) is 54.6 Å². The zero-order chi connectivity index (χ0) is 19.6. The van der Waals surface area contributed by atoms with Gasteiger partial charge in [-0.15, -0.1) is 0 Å². The highest BCUT2D eigenvalue weighted by atomic mass is 16.6. The van der Waals surface area contributed by atoms with Crippen molar-refractivity contribution in [2.24, 2.45) is 0 Å². The smallest absolute Gasteiger partial charge is 0.270 e. The summed E-state index contributed by atoms with van der Waals surface area (Å²) in [5.74, 6) is -0.788. The van der Waals surface area contributed by atoms with Crippen LogP contribution in [0, 0.1) is 10.1 Å². The minimum Gasteiger partial charge on any atom is -0.383 e. The fourth-order valence-electron chi connectivity index (χ4n) is 2.24. The van der Waals surface area contributed by atoms with Gasteiger partial charge in [-0.2, -0.15) is 0 Å². The van der Waals surface area contributed by atoms with E-state index in [0.29, 0.717) is 30.0 Å². The highest BCUT2D eigenvalue weighted by Crippen LogP contribution is 2.16. The number of carbonyl (C=O) groups excluding carboxylic acids is 2. The minimum atomic E-state index is -0.504. The molecule has 0 fully saturated rings. The number of nitrogens with zero attached hydrogens (tertiary/aromatic N) is 1. The van der Waals surface area contributed by atoms with Crippen LogP contribution in [0.3, 0.4) is 0 Å². The van der Waals surface area contributed by atoms with Crippen LogP contribution in [-0.2, 0) is 9.53 Å². The highest BCUT2D eigenvalue weighted by molar-refractivity contribution is 6.07. The van der Waals surface area contributed by atoms with Crippen molar-refractivity contribution in [3.8, 4) is 0 Å². The van der Waals surface area contributed by atoms with Gasteiger partial charge in [-0.05, 0) is 23.8 Å². The van der Waals surface area contributed by atoms with Crippen molar-refractivity contribution in [2.75, 3.05) is 25.6 Å². The number of nitro benzene ring substituents is 1. The molecule has 0 spiro atoms. The van der Waals surface area contributed by atoms with Crippen LogP contribution >= 0.6 is 0 Å². The fourth-order valence-corrected chi connectivity index (χ4v) is 2.24. The van der Waals surface area contributed by atoms with Gasteiger partial charge in [0.05, 0.1) is 22.8 Å². The summed E-state index contributed by atoms with van der Waals surface area (Å²) in [7, 11) is 1.54. The highest BCUT2D eigenvalue weighted by Gasteiger charge is 2.11. The second kappa shape index (κ2) is 9.83. The molecule has 0 saturated heterocycles. The largest absolute Gasteiger partial charge is 0.383 e. The molecule has 0 aromatic heterocycles. The number of para-hydroxylation sites is 1. The Hall–Kier alpha value is -3.52. The molecule has 2 amide bonds. The Labute approximate surface area is 156 Å². The molecular formula is C19H19N3O5. The van der Waals surface area contributed by atoms with Gasteiger partial charge in [0.2, 0.25) is 5.91 Å². The first-order chi connectivity index (χ1) is 13.0. The van der Waals surface area contributed by atoms with E-state index >= 15 is 0 Å². The summed E-state index contributed by atoms with van der Waals surface area (Å²) >= 11 is 0. The van der Waals surface area contributed by atoms with Crippen molar-refractivity contribution in [2.45, 2.75) is 0 Å². The molecule has 2 aromatic carbocycles. The van der Waals surface area contributed by atoms with Gasteiger partial charge in [-0.3, -0.25) is 19.7 Å². The van der Waals surface area contributed by atoms with Crippen molar-refractivity contribution in [3.63, 3.8) is 0 Å². The predicted octanol–water partition coefficient (Wildman–Crippen LogP) is 2.62. The van der Waals surface area contributed by atoms with Crippen LogP contribution in [0.25, 0.3) is 6.08 Å². The number of carbonyl (C=O) groups is 2. The number of anilines is 1. The van der Waals surface area contributed by atoms with Gasteiger partial charge in [0, 0.05) is 31.9 Å². The quantitative estimate of drug-likeness (QED) is 0.322. The molecule has 0 aliphatic carbocycles. The standard InChI is InChI=1S/C19H19N3O5/c1-27-12-11-20-19(24)16-7-2-3-8-17(16)21-18(23)10-9-14-5-4-6-15(13-14)22(25)26/h2-10,13H,11-12H2,1H3,(H,20,24)(H,21,23)/b10-9+. The van der Waals surface area contributed by atoms with Gasteiger partial charge < -0.3 is 15.4 Å². The van der Waals surface area contributed by atoms with Crippen LogP contribution in [0.5, 0.6) is 0 Å². The van der Waals surface area contributed by atoms with Gasteiger partial charge in [-0.25, -0.2) is 0 Å². The van der Waals surface area contributed by atoms with Crippen molar-refractivity contribution in [1.82, 2.24) is 5.32 Å². The number of benzene rings is 2. The van der Waals surface area contributed by atoms with Gasteiger partial charge in [0.15, 0.2) is 0 Å². The molecule has 0 aliphatic heterocycles. The maximum absolute atomic E-state index is 12.2. The average Bonchev–Trinajstić information content (AvgIpc) is 2.67. The van der Waals surface area contributed by atoms with E-state index in [4.69, 9.17) is 4.74 Å². The summed E-state index contributed by atoms with van der Waals surface area (Å²) in [6, 6.07) is 12.5. The molecule has 2 rings (SSSR count). The fraction of sp³-hybridized carbons (Fsp3) is 0.158. The zero-order valence-electron chi connectivity index (χ0n) is 14.7. The molecule has 0 saturated carbocycles. The second-order valence-corrected chi connectivity index (χ2v) is 5.47. The number of amides is 2. The molecule has 0 heterocycles. The Morgan fingerprint density at radius 2 is 1.96 bits per heavy atom. The first-order valence-corrected chi connectivity index (χ1v) is 8.11. The maximum atomic E-state index is 12.2. The third-order valence-electron chi connectivity index (χ3n) is 3.53. The zero-order valence-corrected chi connectivity index (χ0v) is 14.7. The molecule has 2 N–H and O–H groups in total. The Morgan fingerprint density at radius 1 is 1.19 bits per heavy atom. The summed E-state index contributed by atoms with van der Waals surface area (Å²) in [6.45, 7) is 0.733. The summed E-state index contributed by atoms with van der Waals surface area (Å²) in [6.07, 6.45) is 2.71. The molecule has 140 valence electrons. The van der Waals surface area contributed by atoms with E-state index in [9.17, 15) is 19.7 Å². The van der Waals surface area contributed by atoms with Crippen LogP contribution in [0.1, 0.15) is 15.9 Å². The average molecular weight is 369 g/mol. The number of non-ortho nitro benzene ring substituents is 1. The molecule has 8 heteroatoms. The summed E-state index contributed by atoms with van der Waals surface area (Å²) in [5.41, 5.74) is 1.15. The Morgan fingerprint density at radius 3 is 2.70 bits per heavy atom. The lowest BCUT2D eigenvalue weighted by Crippen LogP contribution is -2.28. The Kier molecular flexibility index (Phi) is 7.21. The Bertz CT molecular complexity index is 864. The predicted molar refractivity (Wildman–Crippen MR) is 101 cm³/mol. The van der Waals surface area contributed by atoms with Crippen LogP contribution in [0.2, 0.25) is 0 Å². The SMILES string of the molecule is COCCNC(=O)c1ccccc1NC(=O)/C=C/c1cccc([N+](=O)[O-])c1. The lowest BCUT2D eigenvalue weighted by atomic mass is 10.1. The third kappa shape index (κ3) is 6.05. The molecule has 0 atom stereocenters. The summed E-state index contributed by atoms with van der Waals surface area (Å²) in [5, 5.41) is 16.1. The lowest BCUT2D eigenvalue weighted by Gasteiger charge is -2.10. The van der Waals surface area contributed by atoms with Crippen molar-refractivity contribution in [3.05, 3.63) is 75.8 Å². The van der Waals surface area contributed by atoms with Gasteiger partial charge in [0.1, 0.15) is 0 Å². The van der Waals surface area contributed by atoms with Gasteiger partial charge >= 0.3 is 0 Å².